The monoisotopic (exact) mass is 221 g/mol. The Bertz CT molecular complexity index is 331. The van der Waals surface area contributed by atoms with Crippen molar-refractivity contribution in [2.24, 2.45) is 11.8 Å². The van der Waals surface area contributed by atoms with Crippen LogP contribution in [0, 0.1) is 17.7 Å². The Morgan fingerprint density at radius 2 is 2.00 bits per heavy atom. The first-order valence-electron chi connectivity index (χ1n) is 6.12. The van der Waals surface area contributed by atoms with Gasteiger partial charge in [-0.1, -0.05) is 26.0 Å². The first-order chi connectivity index (χ1) is 7.65. The van der Waals surface area contributed by atoms with E-state index < -0.39 is 0 Å². The predicted molar refractivity (Wildman–Crippen MR) is 64.6 cm³/mol. The van der Waals surface area contributed by atoms with Gasteiger partial charge in [0.1, 0.15) is 5.82 Å². The van der Waals surface area contributed by atoms with E-state index in [1.165, 1.54) is 25.1 Å². The van der Waals surface area contributed by atoms with Crippen LogP contribution in [-0.2, 0) is 6.54 Å². The molecule has 1 fully saturated rings. The molecule has 1 unspecified atom stereocenters. The molecule has 0 aromatic heterocycles. The molecule has 1 saturated heterocycles. The SMILES string of the molecule is CC(C)C1CCN(Cc2ccc(F)cc2)C1. The van der Waals surface area contributed by atoms with Gasteiger partial charge < -0.3 is 0 Å². The highest BCUT2D eigenvalue weighted by molar-refractivity contribution is 5.16. The maximum Gasteiger partial charge on any atom is 0.123 e. The van der Waals surface area contributed by atoms with E-state index in [2.05, 4.69) is 18.7 Å². The van der Waals surface area contributed by atoms with Crippen LogP contribution in [0.4, 0.5) is 4.39 Å². The van der Waals surface area contributed by atoms with Gasteiger partial charge >= 0.3 is 0 Å². The number of hydrogen-bond donors (Lipinski definition) is 0. The summed E-state index contributed by atoms with van der Waals surface area (Å²) in [5.41, 5.74) is 1.21. The first-order valence-corrected chi connectivity index (χ1v) is 6.12. The fourth-order valence-electron chi connectivity index (χ4n) is 2.40. The summed E-state index contributed by atoms with van der Waals surface area (Å²) in [4.78, 5) is 2.47. The zero-order valence-electron chi connectivity index (χ0n) is 10.1. The highest BCUT2D eigenvalue weighted by atomic mass is 19.1. The molecule has 0 bridgehead atoms. The second-order valence-corrected chi connectivity index (χ2v) is 5.15. The van der Waals surface area contributed by atoms with E-state index in [4.69, 9.17) is 0 Å². The van der Waals surface area contributed by atoms with Gasteiger partial charge in [-0.2, -0.15) is 0 Å². The Morgan fingerprint density at radius 1 is 1.31 bits per heavy atom. The Hall–Kier alpha value is -0.890. The molecule has 1 aromatic rings. The topological polar surface area (TPSA) is 3.24 Å². The van der Waals surface area contributed by atoms with Crippen molar-refractivity contribution in [3.05, 3.63) is 35.6 Å². The quantitative estimate of drug-likeness (QED) is 0.757. The molecule has 0 radical (unpaired) electrons. The standard InChI is InChI=1S/C14H20FN/c1-11(2)13-7-8-16(10-13)9-12-3-5-14(15)6-4-12/h3-6,11,13H,7-10H2,1-2H3. The molecule has 0 N–H and O–H groups in total. The molecule has 2 heteroatoms. The number of likely N-dealkylation sites (tertiary alicyclic amines) is 1. The van der Waals surface area contributed by atoms with Crippen molar-refractivity contribution in [3.63, 3.8) is 0 Å². The maximum atomic E-state index is 12.8. The van der Waals surface area contributed by atoms with E-state index >= 15 is 0 Å². The minimum absolute atomic E-state index is 0.148. The molecule has 88 valence electrons. The Labute approximate surface area is 97.3 Å². The first kappa shape index (κ1) is 11.6. The van der Waals surface area contributed by atoms with Gasteiger partial charge in [0.15, 0.2) is 0 Å². The summed E-state index contributed by atoms with van der Waals surface area (Å²) in [5.74, 6) is 1.46. The lowest BCUT2D eigenvalue weighted by Gasteiger charge is -2.17. The molecule has 0 spiro atoms. The van der Waals surface area contributed by atoms with Crippen molar-refractivity contribution < 1.29 is 4.39 Å². The summed E-state index contributed by atoms with van der Waals surface area (Å²) in [6.45, 7) is 7.93. The third-order valence-electron chi connectivity index (χ3n) is 3.57. The lowest BCUT2D eigenvalue weighted by atomic mass is 9.95. The van der Waals surface area contributed by atoms with Gasteiger partial charge in [-0.25, -0.2) is 4.39 Å². The van der Waals surface area contributed by atoms with E-state index in [1.54, 1.807) is 12.1 Å². The molecule has 16 heavy (non-hydrogen) atoms. The number of halogens is 1. The van der Waals surface area contributed by atoms with Crippen molar-refractivity contribution in [1.29, 1.82) is 0 Å². The molecule has 0 amide bonds. The van der Waals surface area contributed by atoms with Crippen LogP contribution >= 0.6 is 0 Å². The Kier molecular flexibility index (Phi) is 3.59. The summed E-state index contributed by atoms with van der Waals surface area (Å²) in [6.07, 6.45) is 1.30. The maximum absolute atomic E-state index is 12.8. The average molecular weight is 221 g/mol. The van der Waals surface area contributed by atoms with E-state index in [1.807, 2.05) is 12.1 Å². The molecule has 2 rings (SSSR count). The molecule has 0 saturated carbocycles. The van der Waals surface area contributed by atoms with Crippen LogP contribution in [0.5, 0.6) is 0 Å². The van der Waals surface area contributed by atoms with Gasteiger partial charge in [-0.15, -0.1) is 0 Å². The minimum atomic E-state index is -0.148. The van der Waals surface area contributed by atoms with Crippen molar-refractivity contribution in [3.8, 4) is 0 Å². The normalized spacial score (nSPS) is 21.9. The smallest absolute Gasteiger partial charge is 0.123 e. The van der Waals surface area contributed by atoms with Crippen molar-refractivity contribution in [2.45, 2.75) is 26.8 Å². The number of rotatable bonds is 3. The molecule has 1 nitrogen and oxygen atoms in total. The molecule has 1 aromatic carbocycles. The van der Waals surface area contributed by atoms with E-state index in [0.717, 1.165) is 18.4 Å². The van der Waals surface area contributed by atoms with Crippen molar-refractivity contribution in [1.82, 2.24) is 4.90 Å². The highest BCUT2D eigenvalue weighted by Crippen LogP contribution is 2.24. The van der Waals surface area contributed by atoms with Crippen LogP contribution in [0.1, 0.15) is 25.8 Å². The molecular weight excluding hydrogens is 201 g/mol. The molecular formula is C14H20FN. The zero-order valence-corrected chi connectivity index (χ0v) is 10.1. The number of hydrogen-bond acceptors (Lipinski definition) is 1. The fraction of sp³-hybridized carbons (Fsp3) is 0.571. The predicted octanol–water partition coefficient (Wildman–Crippen LogP) is 3.30. The fourth-order valence-corrected chi connectivity index (χ4v) is 2.40. The van der Waals surface area contributed by atoms with Crippen LogP contribution in [0.25, 0.3) is 0 Å². The Balaban J connectivity index is 1.89. The van der Waals surface area contributed by atoms with Gasteiger partial charge in [0, 0.05) is 13.1 Å². The lowest BCUT2D eigenvalue weighted by Crippen LogP contribution is -2.21. The summed E-state index contributed by atoms with van der Waals surface area (Å²) in [7, 11) is 0. The number of nitrogens with zero attached hydrogens (tertiary/aromatic N) is 1. The van der Waals surface area contributed by atoms with Gasteiger partial charge in [0.05, 0.1) is 0 Å². The van der Waals surface area contributed by atoms with Gasteiger partial charge in [0.2, 0.25) is 0 Å². The third-order valence-corrected chi connectivity index (χ3v) is 3.57. The Morgan fingerprint density at radius 3 is 2.56 bits per heavy atom. The van der Waals surface area contributed by atoms with E-state index in [0.29, 0.717) is 0 Å². The summed E-state index contributed by atoms with van der Waals surface area (Å²) < 4.78 is 12.8. The van der Waals surface area contributed by atoms with E-state index in [9.17, 15) is 4.39 Å². The molecule has 1 aliphatic heterocycles. The summed E-state index contributed by atoms with van der Waals surface area (Å²) in [6, 6.07) is 6.87. The second kappa shape index (κ2) is 4.96. The molecule has 1 aliphatic rings. The second-order valence-electron chi connectivity index (χ2n) is 5.15. The lowest BCUT2D eigenvalue weighted by molar-refractivity contribution is 0.297. The third kappa shape index (κ3) is 2.82. The molecule has 1 atom stereocenters. The average Bonchev–Trinajstić information content (AvgIpc) is 2.70. The van der Waals surface area contributed by atoms with Crippen LogP contribution in [0.2, 0.25) is 0 Å². The van der Waals surface area contributed by atoms with Crippen LogP contribution in [-0.4, -0.2) is 18.0 Å². The van der Waals surface area contributed by atoms with Crippen LogP contribution in [0.15, 0.2) is 24.3 Å². The van der Waals surface area contributed by atoms with Gasteiger partial charge in [-0.05, 0) is 42.5 Å². The van der Waals surface area contributed by atoms with Gasteiger partial charge in [0.25, 0.3) is 0 Å². The van der Waals surface area contributed by atoms with Crippen LogP contribution < -0.4 is 0 Å². The zero-order chi connectivity index (χ0) is 11.5. The number of benzene rings is 1. The highest BCUT2D eigenvalue weighted by Gasteiger charge is 2.24. The van der Waals surface area contributed by atoms with Gasteiger partial charge in [-0.3, -0.25) is 4.90 Å². The van der Waals surface area contributed by atoms with Crippen molar-refractivity contribution >= 4 is 0 Å². The summed E-state index contributed by atoms with van der Waals surface area (Å²) in [5, 5.41) is 0. The largest absolute Gasteiger partial charge is 0.299 e. The van der Waals surface area contributed by atoms with Crippen molar-refractivity contribution in [2.75, 3.05) is 13.1 Å². The molecule has 1 heterocycles. The summed E-state index contributed by atoms with van der Waals surface area (Å²) >= 11 is 0. The van der Waals surface area contributed by atoms with E-state index in [-0.39, 0.29) is 5.82 Å². The van der Waals surface area contributed by atoms with Crippen LogP contribution in [0.3, 0.4) is 0 Å². The molecule has 0 aliphatic carbocycles. The minimum Gasteiger partial charge on any atom is -0.299 e.